The normalized spacial score (nSPS) is 23.6. The molecule has 2 fully saturated rings. The van der Waals surface area contributed by atoms with Crippen LogP contribution in [-0.2, 0) is 4.79 Å². The van der Waals surface area contributed by atoms with E-state index in [2.05, 4.69) is 12.2 Å². The van der Waals surface area contributed by atoms with Crippen LogP contribution < -0.4 is 5.32 Å². The van der Waals surface area contributed by atoms with E-state index < -0.39 is 4.92 Å². The van der Waals surface area contributed by atoms with Gasteiger partial charge in [-0.1, -0.05) is 49.7 Å². The highest BCUT2D eigenvalue weighted by molar-refractivity contribution is 8.05. The molecule has 3 aromatic rings. The molecule has 35 heavy (non-hydrogen) atoms. The van der Waals surface area contributed by atoms with Gasteiger partial charge in [-0.3, -0.25) is 14.9 Å². The van der Waals surface area contributed by atoms with E-state index >= 15 is 0 Å². The van der Waals surface area contributed by atoms with Crippen LogP contribution in [0, 0.1) is 16.0 Å². The zero-order valence-electron chi connectivity index (χ0n) is 19.4. The van der Waals surface area contributed by atoms with E-state index in [1.54, 1.807) is 18.2 Å². The number of carbonyl (C=O) groups is 1. The second kappa shape index (κ2) is 10.00. The van der Waals surface area contributed by atoms with Crippen LogP contribution in [0.5, 0.6) is 0 Å². The Morgan fingerprint density at radius 1 is 1.06 bits per heavy atom. The topological polar surface area (TPSA) is 88.6 Å². The summed E-state index contributed by atoms with van der Waals surface area (Å²) in [5, 5.41) is 14.5. The van der Waals surface area contributed by atoms with Crippen molar-refractivity contribution in [3.05, 3.63) is 87.5 Å². The van der Waals surface area contributed by atoms with E-state index in [1.165, 1.54) is 30.3 Å². The number of amides is 1. The van der Waals surface area contributed by atoms with Crippen LogP contribution in [0.2, 0.25) is 0 Å². The number of furan rings is 1. The van der Waals surface area contributed by atoms with Gasteiger partial charge in [0.25, 0.3) is 11.6 Å². The molecule has 7 nitrogen and oxygen atoms in total. The number of nitro groups is 1. The maximum Gasteiger partial charge on any atom is 0.269 e. The average Bonchev–Trinajstić information content (AvgIpc) is 3.45. The summed E-state index contributed by atoms with van der Waals surface area (Å²) in [6, 6.07) is 20.0. The second-order valence-corrected chi connectivity index (χ2v) is 10.2. The van der Waals surface area contributed by atoms with Gasteiger partial charge in [0.2, 0.25) is 0 Å². The molecule has 1 amide bonds. The molecule has 2 aromatic carbocycles. The molecule has 5 rings (SSSR count). The van der Waals surface area contributed by atoms with Crippen molar-refractivity contribution in [2.24, 2.45) is 5.92 Å². The number of benzene rings is 2. The largest absolute Gasteiger partial charge is 0.457 e. The lowest BCUT2D eigenvalue weighted by Gasteiger charge is -2.39. The smallest absolute Gasteiger partial charge is 0.269 e. The number of thioether (sulfide) groups is 1. The van der Waals surface area contributed by atoms with Gasteiger partial charge in [-0.15, -0.1) is 0 Å². The van der Waals surface area contributed by atoms with Gasteiger partial charge in [0.1, 0.15) is 11.5 Å². The second-order valence-electron chi connectivity index (χ2n) is 9.04. The number of nitrogens with zero attached hydrogens (tertiary/aromatic N) is 2. The Balaban J connectivity index is 1.40. The molecule has 0 radical (unpaired) electrons. The predicted molar refractivity (Wildman–Crippen MR) is 138 cm³/mol. The zero-order chi connectivity index (χ0) is 24.4. The number of non-ortho nitro benzene ring substituents is 1. The molecule has 0 spiro atoms. The molecule has 0 bridgehead atoms. The molecule has 1 saturated heterocycles. The highest BCUT2D eigenvalue weighted by Crippen LogP contribution is 2.42. The molecule has 3 atom stereocenters. The van der Waals surface area contributed by atoms with Gasteiger partial charge in [0, 0.05) is 35.5 Å². The van der Waals surface area contributed by atoms with Crippen molar-refractivity contribution in [2.75, 3.05) is 5.32 Å². The molecule has 1 aliphatic heterocycles. The zero-order valence-corrected chi connectivity index (χ0v) is 20.2. The maximum absolute atomic E-state index is 13.6. The number of hydrogen-bond acceptors (Lipinski definition) is 6. The fraction of sp³-hybridized carbons (Fsp3) is 0.296. The Kier molecular flexibility index (Phi) is 6.63. The molecule has 1 aromatic heterocycles. The molecular weight excluding hydrogens is 462 g/mol. The van der Waals surface area contributed by atoms with Gasteiger partial charge in [-0.25, -0.2) is 0 Å². The molecule has 1 unspecified atom stereocenters. The summed E-state index contributed by atoms with van der Waals surface area (Å²) >= 11 is 1.51. The number of para-hydroxylation sites is 1. The first-order chi connectivity index (χ1) is 17.0. The summed E-state index contributed by atoms with van der Waals surface area (Å²) in [7, 11) is 0. The number of nitrogens with one attached hydrogen (secondary N) is 1. The quantitative estimate of drug-likeness (QED) is 0.234. The summed E-state index contributed by atoms with van der Waals surface area (Å²) in [5.41, 5.74) is 1.56. The fourth-order valence-electron chi connectivity index (χ4n) is 4.83. The van der Waals surface area contributed by atoms with E-state index in [1.807, 2.05) is 47.4 Å². The summed E-state index contributed by atoms with van der Waals surface area (Å²) in [4.78, 5) is 26.8. The standard InChI is InChI=1S/C27H27N3O4S/c1-18-7-5-6-10-23(18)29-26(31)25(35-27(29)28-20-8-3-2-4-9-20)17-22-15-16-24(34-22)19-11-13-21(14-12-19)30(32)33/h2-4,8-9,11-18,23,27-28H,5-7,10H2,1H3/b25-17-/t18-,23+,27?/m1/s1. The van der Waals surface area contributed by atoms with Crippen molar-refractivity contribution < 1.29 is 14.1 Å². The van der Waals surface area contributed by atoms with Crippen LogP contribution in [0.3, 0.4) is 0 Å². The number of carbonyl (C=O) groups excluding carboxylic acids is 1. The highest BCUT2D eigenvalue weighted by atomic mass is 32.2. The summed E-state index contributed by atoms with van der Waals surface area (Å²) in [6.07, 6.45) is 6.29. The highest BCUT2D eigenvalue weighted by Gasteiger charge is 2.43. The van der Waals surface area contributed by atoms with Crippen LogP contribution in [0.25, 0.3) is 17.4 Å². The van der Waals surface area contributed by atoms with Crippen molar-refractivity contribution in [3.8, 4) is 11.3 Å². The van der Waals surface area contributed by atoms with Crippen molar-refractivity contribution >= 4 is 35.1 Å². The van der Waals surface area contributed by atoms with Crippen LogP contribution in [-0.4, -0.2) is 27.3 Å². The molecular formula is C27H27N3O4S. The molecule has 2 heterocycles. The minimum atomic E-state index is -0.427. The maximum atomic E-state index is 13.6. The van der Waals surface area contributed by atoms with Crippen molar-refractivity contribution in [1.82, 2.24) is 4.90 Å². The van der Waals surface area contributed by atoms with Crippen molar-refractivity contribution in [3.63, 3.8) is 0 Å². The van der Waals surface area contributed by atoms with Gasteiger partial charge < -0.3 is 14.6 Å². The lowest BCUT2D eigenvalue weighted by molar-refractivity contribution is -0.384. The fourth-order valence-corrected chi connectivity index (χ4v) is 6.02. The lowest BCUT2D eigenvalue weighted by Crippen LogP contribution is -2.48. The van der Waals surface area contributed by atoms with E-state index in [0.29, 0.717) is 22.3 Å². The average molecular weight is 490 g/mol. The van der Waals surface area contributed by atoms with E-state index in [0.717, 1.165) is 30.5 Å². The van der Waals surface area contributed by atoms with E-state index in [9.17, 15) is 14.9 Å². The monoisotopic (exact) mass is 489 g/mol. The Morgan fingerprint density at radius 2 is 1.80 bits per heavy atom. The number of hydrogen-bond donors (Lipinski definition) is 1. The first-order valence-electron chi connectivity index (χ1n) is 11.9. The van der Waals surface area contributed by atoms with Gasteiger partial charge in [0.15, 0.2) is 5.50 Å². The first-order valence-corrected chi connectivity index (χ1v) is 12.7. The van der Waals surface area contributed by atoms with Crippen LogP contribution in [0.1, 0.15) is 38.4 Å². The van der Waals surface area contributed by atoms with E-state index in [-0.39, 0.29) is 23.1 Å². The number of nitro benzene ring substituents is 1. The summed E-state index contributed by atoms with van der Waals surface area (Å²) < 4.78 is 5.98. The third-order valence-electron chi connectivity index (χ3n) is 6.69. The lowest BCUT2D eigenvalue weighted by atomic mass is 9.85. The number of rotatable bonds is 6. The predicted octanol–water partition coefficient (Wildman–Crippen LogP) is 6.75. The van der Waals surface area contributed by atoms with Gasteiger partial charge >= 0.3 is 0 Å². The van der Waals surface area contributed by atoms with Gasteiger partial charge in [-0.2, -0.15) is 0 Å². The van der Waals surface area contributed by atoms with Gasteiger partial charge in [-0.05, 0) is 55.2 Å². The Labute approximate surface area is 208 Å². The molecule has 1 saturated carbocycles. The van der Waals surface area contributed by atoms with Crippen molar-refractivity contribution in [1.29, 1.82) is 0 Å². The van der Waals surface area contributed by atoms with Crippen LogP contribution in [0.15, 0.2) is 76.1 Å². The van der Waals surface area contributed by atoms with Gasteiger partial charge in [0.05, 0.1) is 9.83 Å². The molecule has 8 heteroatoms. The molecule has 1 aliphatic carbocycles. The summed E-state index contributed by atoms with van der Waals surface area (Å²) in [5.74, 6) is 1.64. The third-order valence-corrected chi connectivity index (χ3v) is 7.80. The Bertz CT molecular complexity index is 1240. The van der Waals surface area contributed by atoms with Crippen LogP contribution in [0.4, 0.5) is 11.4 Å². The van der Waals surface area contributed by atoms with E-state index in [4.69, 9.17) is 4.42 Å². The molecule has 2 aliphatic rings. The first kappa shape index (κ1) is 23.2. The Hall–Kier alpha value is -3.52. The van der Waals surface area contributed by atoms with Crippen molar-refractivity contribution in [2.45, 2.75) is 44.1 Å². The summed E-state index contributed by atoms with van der Waals surface area (Å²) in [6.45, 7) is 2.24. The third kappa shape index (κ3) is 4.98. The molecule has 1 N–H and O–H groups in total. The SMILES string of the molecule is C[C@@H]1CCCC[C@@H]1N1C(=O)/C(=C/c2ccc(-c3ccc([N+](=O)[O-])cc3)o2)SC1Nc1ccccc1. The minimum Gasteiger partial charge on any atom is -0.457 e. The minimum absolute atomic E-state index is 0.0236. The number of anilines is 1. The Morgan fingerprint density at radius 3 is 2.51 bits per heavy atom. The molecule has 180 valence electrons. The van der Waals surface area contributed by atoms with Crippen LogP contribution >= 0.6 is 11.8 Å².